The molecule has 7 heteroatoms. The van der Waals surface area contributed by atoms with Gasteiger partial charge >= 0.3 is 0 Å². The Morgan fingerprint density at radius 2 is 1.94 bits per heavy atom. The number of fused-ring (bicyclic) bond motifs is 1. The summed E-state index contributed by atoms with van der Waals surface area (Å²) in [6.07, 6.45) is 9.94. The zero-order valence-electron chi connectivity index (χ0n) is 17.8. The van der Waals surface area contributed by atoms with Gasteiger partial charge in [0.2, 0.25) is 5.95 Å². The average molecular weight is 417 g/mol. The highest BCUT2D eigenvalue weighted by Crippen LogP contribution is 2.28. The second-order valence-corrected chi connectivity index (χ2v) is 7.35. The Morgan fingerprint density at radius 1 is 1.06 bits per heavy atom. The Bertz CT molecular complexity index is 1130. The summed E-state index contributed by atoms with van der Waals surface area (Å²) in [6, 6.07) is 14.1. The van der Waals surface area contributed by atoms with Crippen LogP contribution >= 0.6 is 0 Å². The topological polar surface area (TPSA) is 94.8 Å². The van der Waals surface area contributed by atoms with E-state index in [9.17, 15) is 0 Å². The largest absolute Gasteiger partial charge is 0.461 e. The number of unbranched alkanes of at least 4 members (excludes halogenated alkanes) is 1. The van der Waals surface area contributed by atoms with Gasteiger partial charge in [0.05, 0.1) is 6.26 Å². The molecule has 0 saturated heterocycles. The van der Waals surface area contributed by atoms with Crippen molar-refractivity contribution in [1.29, 1.82) is 0 Å². The van der Waals surface area contributed by atoms with Crippen molar-refractivity contribution in [3.8, 4) is 11.6 Å². The predicted molar refractivity (Wildman–Crippen MR) is 125 cm³/mol. The highest BCUT2D eigenvalue weighted by molar-refractivity contribution is 5.86. The molecular formula is C24H28N6O. The van der Waals surface area contributed by atoms with Crippen molar-refractivity contribution in [1.82, 2.24) is 19.5 Å². The molecule has 0 spiro atoms. The lowest BCUT2D eigenvalue weighted by Gasteiger charge is -2.09. The van der Waals surface area contributed by atoms with Gasteiger partial charge in [-0.3, -0.25) is 0 Å². The number of imidazole rings is 1. The quantitative estimate of drug-likeness (QED) is 0.277. The molecule has 0 atom stereocenters. The summed E-state index contributed by atoms with van der Waals surface area (Å²) in [5.41, 5.74) is 8.84. The van der Waals surface area contributed by atoms with Crippen LogP contribution in [0.1, 0.15) is 31.7 Å². The first kappa shape index (κ1) is 20.7. The highest BCUT2D eigenvalue weighted by atomic mass is 16.3. The maximum absolute atomic E-state index is 6.26. The number of nitrogens with two attached hydrogens (primary N) is 1. The van der Waals surface area contributed by atoms with Gasteiger partial charge in [-0.05, 0) is 43.4 Å². The van der Waals surface area contributed by atoms with Gasteiger partial charge in [0.25, 0.3) is 0 Å². The van der Waals surface area contributed by atoms with E-state index in [0.29, 0.717) is 23.0 Å². The minimum absolute atomic E-state index is 0.365. The lowest BCUT2D eigenvalue weighted by Crippen LogP contribution is -2.10. The maximum atomic E-state index is 6.26. The first-order valence-electron chi connectivity index (χ1n) is 10.8. The van der Waals surface area contributed by atoms with E-state index in [1.165, 1.54) is 5.56 Å². The van der Waals surface area contributed by atoms with E-state index >= 15 is 0 Å². The van der Waals surface area contributed by atoms with Crippen molar-refractivity contribution in [3.05, 3.63) is 66.4 Å². The number of nitrogens with one attached hydrogen (secondary N) is 1. The van der Waals surface area contributed by atoms with Crippen LogP contribution in [0.15, 0.2) is 65.3 Å². The Labute approximate surface area is 182 Å². The monoisotopic (exact) mass is 416 g/mol. The fraction of sp³-hybridized carbons (Fsp3) is 0.292. The molecule has 0 saturated carbocycles. The van der Waals surface area contributed by atoms with Crippen LogP contribution in [0.4, 0.5) is 11.8 Å². The number of nitrogens with zero attached hydrogens (tertiary/aromatic N) is 4. The minimum atomic E-state index is 0.365. The number of hydrogen-bond donors (Lipinski definition) is 2. The van der Waals surface area contributed by atoms with Gasteiger partial charge in [-0.15, -0.1) is 0 Å². The molecule has 7 nitrogen and oxygen atoms in total. The summed E-state index contributed by atoms with van der Waals surface area (Å²) in [7, 11) is 0. The molecule has 0 unspecified atom stereocenters. The SMILES string of the molecule is CCC=CCCCn1c(-c2ccco2)nc2c(N)nc(NCCc3ccccc3)nc21. The van der Waals surface area contributed by atoms with E-state index in [0.717, 1.165) is 50.2 Å². The molecular weight excluding hydrogens is 388 g/mol. The molecule has 0 aliphatic heterocycles. The molecule has 160 valence electrons. The van der Waals surface area contributed by atoms with Gasteiger partial charge in [-0.2, -0.15) is 9.97 Å². The van der Waals surface area contributed by atoms with Crippen LogP contribution in [0.3, 0.4) is 0 Å². The third kappa shape index (κ3) is 4.94. The summed E-state index contributed by atoms with van der Waals surface area (Å²) in [4.78, 5) is 13.9. The lowest BCUT2D eigenvalue weighted by atomic mass is 10.1. The van der Waals surface area contributed by atoms with E-state index in [1.54, 1.807) is 6.26 Å². The Balaban J connectivity index is 1.59. The van der Waals surface area contributed by atoms with Gasteiger partial charge in [-0.25, -0.2) is 4.98 Å². The van der Waals surface area contributed by atoms with E-state index in [4.69, 9.17) is 20.1 Å². The van der Waals surface area contributed by atoms with Crippen LogP contribution in [0.25, 0.3) is 22.7 Å². The number of rotatable bonds is 10. The van der Waals surface area contributed by atoms with Gasteiger partial charge in [0, 0.05) is 13.1 Å². The maximum Gasteiger partial charge on any atom is 0.226 e. The minimum Gasteiger partial charge on any atom is -0.461 e. The molecule has 4 aromatic rings. The summed E-state index contributed by atoms with van der Waals surface area (Å²) >= 11 is 0. The third-order valence-corrected chi connectivity index (χ3v) is 5.06. The predicted octanol–water partition coefficient (Wildman–Crippen LogP) is 5.07. The van der Waals surface area contributed by atoms with E-state index in [-0.39, 0.29) is 0 Å². The zero-order valence-corrected chi connectivity index (χ0v) is 17.8. The van der Waals surface area contributed by atoms with Crippen LogP contribution in [-0.2, 0) is 13.0 Å². The molecule has 0 aliphatic rings. The van der Waals surface area contributed by atoms with Crippen molar-refractivity contribution in [2.24, 2.45) is 0 Å². The summed E-state index contributed by atoms with van der Waals surface area (Å²) < 4.78 is 7.69. The molecule has 0 radical (unpaired) electrons. The van der Waals surface area contributed by atoms with Crippen LogP contribution in [-0.4, -0.2) is 26.1 Å². The molecule has 3 aromatic heterocycles. The van der Waals surface area contributed by atoms with Crippen LogP contribution in [0.2, 0.25) is 0 Å². The number of furan rings is 1. The van der Waals surface area contributed by atoms with E-state index in [1.807, 2.05) is 30.3 Å². The third-order valence-electron chi connectivity index (χ3n) is 5.06. The molecule has 0 aliphatic carbocycles. The number of allylic oxidation sites excluding steroid dienone is 2. The molecule has 4 rings (SSSR count). The molecule has 1 aromatic carbocycles. The number of nitrogen functional groups attached to an aromatic ring is 1. The molecule has 0 bridgehead atoms. The molecule has 3 N–H and O–H groups in total. The first-order valence-corrected chi connectivity index (χ1v) is 10.8. The number of benzene rings is 1. The Kier molecular flexibility index (Phi) is 6.62. The van der Waals surface area contributed by atoms with Crippen molar-refractivity contribution in [2.75, 3.05) is 17.6 Å². The van der Waals surface area contributed by atoms with Gasteiger partial charge in [0.15, 0.2) is 28.6 Å². The fourth-order valence-corrected chi connectivity index (χ4v) is 3.52. The molecule has 3 heterocycles. The van der Waals surface area contributed by atoms with Crippen molar-refractivity contribution in [2.45, 2.75) is 39.2 Å². The first-order chi connectivity index (χ1) is 15.3. The summed E-state index contributed by atoms with van der Waals surface area (Å²) in [5.74, 6) is 2.30. The van der Waals surface area contributed by atoms with Crippen LogP contribution in [0, 0.1) is 0 Å². The van der Waals surface area contributed by atoms with Crippen LogP contribution in [0.5, 0.6) is 0 Å². The number of hydrogen-bond acceptors (Lipinski definition) is 6. The normalized spacial score (nSPS) is 11.5. The van der Waals surface area contributed by atoms with Crippen molar-refractivity contribution < 1.29 is 4.42 Å². The van der Waals surface area contributed by atoms with Gasteiger partial charge in [0.1, 0.15) is 0 Å². The van der Waals surface area contributed by atoms with Crippen molar-refractivity contribution >= 4 is 22.9 Å². The number of aryl methyl sites for hydroxylation is 1. The lowest BCUT2D eigenvalue weighted by molar-refractivity contribution is 0.566. The Morgan fingerprint density at radius 3 is 2.71 bits per heavy atom. The smallest absolute Gasteiger partial charge is 0.226 e. The summed E-state index contributed by atoms with van der Waals surface area (Å²) in [5, 5.41) is 3.30. The molecule has 0 amide bonds. The van der Waals surface area contributed by atoms with Gasteiger partial charge in [-0.1, -0.05) is 49.4 Å². The fourth-order valence-electron chi connectivity index (χ4n) is 3.52. The number of aromatic nitrogens is 4. The zero-order chi connectivity index (χ0) is 21.5. The summed E-state index contributed by atoms with van der Waals surface area (Å²) in [6.45, 7) is 3.62. The molecule has 31 heavy (non-hydrogen) atoms. The van der Waals surface area contributed by atoms with E-state index in [2.05, 4.69) is 46.1 Å². The second-order valence-electron chi connectivity index (χ2n) is 7.35. The number of anilines is 2. The van der Waals surface area contributed by atoms with E-state index < -0.39 is 0 Å². The Hall–Kier alpha value is -3.61. The second kappa shape index (κ2) is 9.93. The van der Waals surface area contributed by atoms with Gasteiger partial charge < -0.3 is 20.0 Å². The van der Waals surface area contributed by atoms with Crippen LogP contribution < -0.4 is 11.1 Å². The van der Waals surface area contributed by atoms with Crippen molar-refractivity contribution in [3.63, 3.8) is 0 Å². The average Bonchev–Trinajstić information content (AvgIpc) is 3.43. The standard InChI is InChI=1S/C24H28N6O/c1-2-3-4-5-9-16-30-22(19-13-10-17-31-19)27-20-21(25)28-24(29-23(20)30)26-15-14-18-11-7-6-8-12-18/h3-4,6-8,10-13,17H,2,5,9,14-16H2,1H3,(H3,25,26,28,29). The molecule has 0 fully saturated rings. The highest BCUT2D eigenvalue weighted by Gasteiger charge is 2.19.